The van der Waals surface area contributed by atoms with Crippen molar-refractivity contribution in [3.8, 4) is 0 Å². The summed E-state index contributed by atoms with van der Waals surface area (Å²) >= 11 is 0. The molecular weight excluding hydrogens is 242 g/mol. The first-order chi connectivity index (χ1) is 9.56. The van der Waals surface area contributed by atoms with Gasteiger partial charge in [-0.2, -0.15) is 0 Å². The molecule has 0 spiro atoms. The van der Waals surface area contributed by atoms with Crippen LogP contribution in [0.1, 0.15) is 51.4 Å². The Morgan fingerprint density at radius 3 is 2.25 bits per heavy atom. The summed E-state index contributed by atoms with van der Waals surface area (Å²) < 4.78 is 0. The van der Waals surface area contributed by atoms with E-state index in [0.29, 0.717) is 0 Å². The second-order valence-corrected chi connectivity index (χ2v) is 6.17. The minimum Gasteiger partial charge on any atom is -0.320 e. The molecule has 0 aliphatic heterocycles. The average molecular weight is 265 g/mol. The van der Waals surface area contributed by atoms with E-state index in [-0.39, 0.29) is 6.04 Å². The number of hydrogen-bond donors (Lipinski definition) is 1. The van der Waals surface area contributed by atoms with Crippen LogP contribution in [0.4, 0.5) is 0 Å². The van der Waals surface area contributed by atoms with E-state index < -0.39 is 0 Å². The lowest BCUT2D eigenvalue weighted by molar-refractivity contribution is 0.847. The molecule has 1 heteroatoms. The molecule has 0 radical (unpaired) electrons. The van der Waals surface area contributed by atoms with E-state index in [1.807, 2.05) is 0 Å². The Labute approximate surface area is 121 Å². The fraction of sp³-hybridized carbons (Fsp3) is 0.368. The van der Waals surface area contributed by atoms with Gasteiger partial charge in [0.25, 0.3) is 0 Å². The predicted molar refractivity (Wildman–Crippen MR) is 85.2 cm³/mol. The van der Waals surface area contributed by atoms with Crippen molar-refractivity contribution in [2.75, 3.05) is 0 Å². The molecule has 0 bridgehead atoms. The maximum atomic E-state index is 6.56. The molecule has 0 saturated heterocycles. The fourth-order valence-corrected chi connectivity index (χ4v) is 3.63. The Balaban J connectivity index is 2.03. The second kappa shape index (κ2) is 5.06. The molecular formula is C19H23N. The van der Waals surface area contributed by atoms with E-state index in [2.05, 4.69) is 51.1 Å². The van der Waals surface area contributed by atoms with Crippen molar-refractivity contribution in [2.24, 2.45) is 5.73 Å². The zero-order chi connectivity index (χ0) is 14.3. The van der Waals surface area contributed by atoms with Gasteiger partial charge in [-0.3, -0.25) is 0 Å². The molecule has 2 aromatic rings. The Hall–Kier alpha value is -1.60. The molecule has 2 N–H and O–H groups in total. The highest BCUT2D eigenvalue weighted by molar-refractivity contribution is 5.46. The molecule has 2 aromatic carbocycles. The van der Waals surface area contributed by atoms with Crippen LogP contribution in [-0.2, 0) is 12.8 Å². The number of nitrogens with two attached hydrogens (primary N) is 1. The van der Waals surface area contributed by atoms with Gasteiger partial charge in [-0.15, -0.1) is 0 Å². The highest BCUT2D eigenvalue weighted by Crippen LogP contribution is 2.30. The third-order valence-corrected chi connectivity index (χ3v) is 4.53. The molecule has 104 valence electrons. The van der Waals surface area contributed by atoms with Crippen molar-refractivity contribution >= 4 is 0 Å². The highest BCUT2D eigenvalue weighted by Gasteiger charge is 2.17. The molecule has 0 aromatic heterocycles. The van der Waals surface area contributed by atoms with Crippen LogP contribution in [-0.4, -0.2) is 0 Å². The minimum absolute atomic E-state index is 0.0125. The van der Waals surface area contributed by atoms with Gasteiger partial charge in [-0.05, 0) is 73.4 Å². The summed E-state index contributed by atoms with van der Waals surface area (Å²) in [4.78, 5) is 0. The third-order valence-electron chi connectivity index (χ3n) is 4.53. The zero-order valence-electron chi connectivity index (χ0n) is 12.7. The molecule has 3 rings (SSSR count). The lowest BCUT2D eigenvalue weighted by Gasteiger charge is -2.19. The summed E-state index contributed by atoms with van der Waals surface area (Å²) in [7, 11) is 0. The van der Waals surface area contributed by atoms with Crippen LogP contribution in [0.25, 0.3) is 0 Å². The van der Waals surface area contributed by atoms with Gasteiger partial charge in [-0.1, -0.05) is 35.9 Å². The summed E-state index contributed by atoms with van der Waals surface area (Å²) in [6, 6.07) is 11.3. The zero-order valence-corrected chi connectivity index (χ0v) is 12.7. The van der Waals surface area contributed by atoms with Crippen molar-refractivity contribution in [1.29, 1.82) is 0 Å². The van der Waals surface area contributed by atoms with E-state index in [0.717, 1.165) is 0 Å². The monoisotopic (exact) mass is 265 g/mol. The standard InChI is InChI=1S/C19H23N/c1-12-9-13(2)18(14(3)10-12)19(20)17-8-7-15-5-4-6-16(15)11-17/h7-11,19H,4-6,20H2,1-3H3. The van der Waals surface area contributed by atoms with Crippen molar-refractivity contribution in [3.63, 3.8) is 0 Å². The summed E-state index contributed by atoms with van der Waals surface area (Å²) in [6.07, 6.45) is 3.73. The first kappa shape index (κ1) is 13.4. The Morgan fingerprint density at radius 2 is 1.55 bits per heavy atom. The van der Waals surface area contributed by atoms with Gasteiger partial charge < -0.3 is 5.73 Å². The number of aryl methyl sites for hydroxylation is 5. The molecule has 1 aliphatic rings. The van der Waals surface area contributed by atoms with E-state index in [1.165, 1.54) is 58.2 Å². The van der Waals surface area contributed by atoms with Gasteiger partial charge in [0, 0.05) is 0 Å². The quantitative estimate of drug-likeness (QED) is 0.867. The minimum atomic E-state index is -0.0125. The molecule has 1 aliphatic carbocycles. The summed E-state index contributed by atoms with van der Waals surface area (Å²) in [5.74, 6) is 0. The van der Waals surface area contributed by atoms with Gasteiger partial charge in [0.1, 0.15) is 0 Å². The van der Waals surface area contributed by atoms with Gasteiger partial charge in [0.05, 0.1) is 6.04 Å². The van der Waals surface area contributed by atoms with Crippen LogP contribution in [0.15, 0.2) is 30.3 Å². The summed E-state index contributed by atoms with van der Waals surface area (Å²) in [6.45, 7) is 6.48. The summed E-state index contributed by atoms with van der Waals surface area (Å²) in [5.41, 5.74) is 16.0. The lowest BCUT2D eigenvalue weighted by atomic mass is 9.89. The number of benzene rings is 2. The number of hydrogen-bond acceptors (Lipinski definition) is 1. The van der Waals surface area contributed by atoms with Crippen molar-refractivity contribution in [1.82, 2.24) is 0 Å². The topological polar surface area (TPSA) is 26.0 Å². The van der Waals surface area contributed by atoms with Crippen LogP contribution in [0.3, 0.4) is 0 Å². The van der Waals surface area contributed by atoms with Crippen LogP contribution >= 0.6 is 0 Å². The molecule has 0 amide bonds. The molecule has 0 fully saturated rings. The smallest absolute Gasteiger partial charge is 0.0556 e. The SMILES string of the molecule is Cc1cc(C)c(C(N)c2ccc3c(c2)CCC3)c(C)c1. The maximum Gasteiger partial charge on any atom is 0.0556 e. The van der Waals surface area contributed by atoms with E-state index in [1.54, 1.807) is 0 Å². The molecule has 1 atom stereocenters. The number of fused-ring (bicyclic) bond motifs is 1. The molecule has 1 nitrogen and oxygen atoms in total. The Morgan fingerprint density at radius 1 is 0.900 bits per heavy atom. The first-order valence-corrected chi connectivity index (χ1v) is 7.51. The maximum absolute atomic E-state index is 6.56. The second-order valence-electron chi connectivity index (χ2n) is 6.17. The fourth-order valence-electron chi connectivity index (χ4n) is 3.63. The van der Waals surface area contributed by atoms with Gasteiger partial charge in [0.15, 0.2) is 0 Å². The van der Waals surface area contributed by atoms with Crippen LogP contribution in [0.2, 0.25) is 0 Å². The highest BCUT2D eigenvalue weighted by atomic mass is 14.6. The Bertz CT molecular complexity index is 632. The molecule has 20 heavy (non-hydrogen) atoms. The third kappa shape index (κ3) is 2.27. The molecule has 1 unspecified atom stereocenters. The van der Waals surface area contributed by atoms with Crippen molar-refractivity contribution in [2.45, 2.75) is 46.1 Å². The lowest BCUT2D eigenvalue weighted by Crippen LogP contribution is -2.15. The normalized spacial score (nSPS) is 15.2. The number of rotatable bonds is 2. The van der Waals surface area contributed by atoms with Gasteiger partial charge >= 0.3 is 0 Å². The van der Waals surface area contributed by atoms with Crippen LogP contribution in [0.5, 0.6) is 0 Å². The van der Waals surface area contributed by atoms with Gasteiger partial charge in [0.2, 0.25) is 0 Å². The largest absolute Gasteiger partial charge is 0.320 e. The van der Waals surface area contributed by atoms with Gasteiger partial charge in [-0.25, -0.2) is 0 Å². The van der Waals surface area contributed by atoms with Crippen molar-refractivity contribution in [3.05, 3.63) is 69.3 Å². The van der Waals surface area contributed by atoms with E-state index in [9.17, 15) is 0 Å². The summed E-state index contributed by atoms with van der Waals surface area (Å²) in [5, 5.41) is 0. The van der Waals surface area contributed by atoms with E-state index in [4.69, 9.17) is 5.73 Å². The molecule has 0 heterocycles. The predicted octanol–water partition coefficient (Wildman–Crippen LogP) is 4.15. The molecule has 0 saturated carbocycles. The van der Waals surface area contributed by atoms with Crippen LogP contribution in [0, 0.1) is 20.8 Å². The average Bonchev–Trinajstić information content (AvgIpc) is 2.84. The van der Waals surface area contributed by atoms with Crippen molar-refractivity contribution < 1.29 is 0 Å². The Kier molecular flexibility index (Phi) is 3.39. The van der Waals surface area contributed by atoms with E-state index >= 15 is 0 Å². The first-order valence-electron chi connectivity index (χ1n) is 7.51. The van der Waals surface area contributed by atoms with Crippen LogP contribution < -0.4 is 5.73 Å².